The third-order valence-corrected chi connectivity index (χ3v) is 10.3. The number of benzene rings is 1. The van der Waals surface area contributed by atoms with Gasteiger partial charge in [0.2, 0.25) is 23.6 Å². The van der Waals surface area contributed by atoms with Crippen molar-refractivity contribution in [2.24, 2.45) is 11.3 Å². The number of rotatable bonds is 11. The predicted octanol–water partition coefficient (Wildman–Crippen LogP) is 3.26. The maximum atomic E-state index is 14.2. The van der Waals surface area contributed by atoms with Gasteiger partial charge in [0.1, 0.15) is 12.1 Å². The summed E-state index contributed by atoms with van der Waals surface area (Å²) in [6.45, 7) is 13.4. The van der Waals surface area contributed by atoms with Crippen LogP contribution in [0, 0.1) is 11.3 Å². The van der Waals surface area contributed by atoms with Gasteiger partial charge < -0.3 is 20.4 Å². The van der Waals surface area contributed by atoms with Crippen LogP contribution in [0.3, 0.4) is 0 Å². The summed E-state index contributed by atoms with van der Waals surface area (Å²) in [5, 5.41) is 6.18. The van der Waals surface area contributed by atoms with Gasteiger partial charge in [0.25, 0.3) is 0 Å². The van der Waals surface area contributed by atoms with E-state index >= 15 is 0 Å². The molecule has 10 heteroatoms. The second kappa shape index (κ2) is 15.7. The zero-order valence-electron chi connectivity index (χ0n) is 29.3. The van der Waals surface area contributed by atoms with E-state index in [0.717, 1.165) is 57.2 Å². The summed E-state index contributed by atoms with van der Waals surface area (Å²) >= 11 is 0. The smallest absolute Gasteiger partial charge is 0.245 e. The van der Waals surface area contributed by atoms with Crippen molar-refractivity contribution in [3.8, 4) is 0 Å². The number of carbonyl (C=O) groups excluding carboxylic acids is 4. The molecule has 1 aromatic rings. The zero-order chi connectivity index (χ0) is 33.6. The summed E-state index contributed by atoms with van der Waals surface area (Å²) < 4.78 is 0. The maximum Gasteiger partial charge on any atom is 0.245 e. The average molecular weight is 639 g/mol. The van der Waals surface area contributed by atoms with E-state index in [1.807, 2.05) is 65.2 Å². The fourth-order valence-electron chi connectivity index (χ4n) is 7.40. The maximum absolute atomic E-state index is 14.2. The van der Waals surface area contributed by atoms with Crippen molar-refractivity contribution in [3.05, 3.63) is 35.9 Å². The molecule has 3 heterocycles. The highest BCUT2D eigenvalue weighted by Crippen LogP contribution is 2.28. The molecule has 2 N–H and O–H groups in total. The first-order valence-corrected chi connectivity index (χ1v) is 17.4. The molecule has 1 unspecified atom stereocenters. The molecule has 10 nitrogen and oxygen atoms in total. The molecule has 4 rings (SSSR count). The van der Waals surface area contributed by atoms with Gasteiger partial charge in [-0.05, 0) is 75.6 Å². The minimum atomic E-state index is -0.669. The largest absolute Gasteiger partial charge is 0.350 e. The molecule has 3 aliphatic rings. The summed E-state index contributed by atoms with van der Waals surface area (Å²) in [7, 11) is 3.82. The lowest BCUT2D eigenvalue weighted by Gasteiger charge is -2.41. The lowest BCUT2D eigenvalue weighted by atomic mass is 9.84. The van der Waals surface area contributed by atoms with E-state index in [-0.39, 0.29) is 47.7 Å². The molecule has 4 amide bonds. The van der Waals surface area contributed by atoms with Gasteiger partial charge in [-0.3, -0.25) is 29.0 Å². The quantitative estimate of drug-likeness (QED) is 0.386. The first-order valence-electron chi connectivity index (χ1n) is 17.4. The van der Waals surface area contributed by atoms with Crippen LogP contribution in [-0.2, 0) is 25.7 Å². The Kier molecular flexibility index (Phi) is 12.3. The number of nitrogens with zero attached hydrogens (tertiary/aromatic N) is 4. The summed E-state index contributed by atoms with van der Waals surface area (Å²) in [5.74, 6) is -0.130. The molecule has 3 aliphatic heterocycles. The topological polar surface area (TPSA) is 105 Å². The van der Waals surface area contributed by atoms with E-state index in [9.17, 15) is 19.2 Å². The average Bonchev–Trinajstić information content (AvgIpc) is 3.70. The van der Waals surface area contributed by atoms with Crippen molar-refractivity contribution in [1.82, 2.24) is 30.2 Å². The van der Waals surface area contributed by atoms with Gasteiger partial charge in [-0.1, -0.05) is 71.4 Å². The number of piperidine rings is 1. The van der Waals surface area contributed by atoms with Gasteiger partial charge in [0.15, 0.2) is 0 Å². The van der Waals surface area contributed by atoms with E-state index in [0.29, 0.717) is 26.1 Å². The molecule has 256 valence electrons. The number of carbonyl (C=O) groups is 4. The van der Waals surface area contributed by atoms with Gasteiger partial charge >= 0.3 is 0 Å². The van der Waals surface area contributed by atoms with Crippen molar-refractivity contribution >= 4 is 23.6 Å². The summed E-state index contributed by atoms with van der Waals surface area (Å²) in [5.41, 5.74) is 0.551. The lowest BCUT2D eigenvalue weighted by molar-refractivity contribution is -0.144. The van der Waals surface area contributed by atoms with Crippen molar-refractivity contribution in [2.75, 3.05) is 40.3 Å². The van der Waals surface area contributed by atoms with E-state index in [1.54, 1.807) is 9.80 Å². The van der Waals surface area contributed by atoms with Gasteiger partial charge in [-0.15, -0.1) is 0 Å². The molecule has 46 heavy (non-hydrogen) atoms. The van der Waals surface area contributed by atoms with Crippen molar-refractivity contribution in [2.45, 2.75) is 116 Å². The van der Waals surface area contributed by atoms with Gasteiger partial charge in [0, 0.05) is 32.7 Å². The molecule has 0 aliphatic carbocycles. The summed E-state index contributed by atoms with van der Waals surface area (Å²) in [6, 6.07) is 8.01. The number of hydrogen-bond acceptors (Lipinski definition) is 6. The molecule has 0 spiro atoms. The number of nitrogens with one attached hydrogen (secondary N) is 2. The number of amides is 4. The minimum Gasteiger partial charge on any atom is -0.350 e. The highest BCUT2D eigenvalue weighted by molar-refractivity contribution is 5.91. The minimum absolute atomic E-state index is 0.0165. The van der Waals surface area contributed by atoms with Crippen molar-refractivity contribution in [1.29, 1.82) is 0 Å². The lowest BCUT2D eigenvalue weighted by Crippen LogP contribution is -2.61. The summed E-state index contributed by atoms with van der Waals surface area (Å²) in [4.78, 5) is 62.7. The van der Waals surface area contributed by atoms with E-state index in [2.05, 4.69) is 34.3 Å². The number of hydrogen-bond donors (Lipinski definition) is 2. The predicted molar refractivity (Wildman–Crippen MR) is 181 cm³/mol. The van der Waals surface area contributed by atoms with Gasteiger partial charge in [-0.2, -0.15) is 0 Å². The van der Waals surface area contributed by atoms with Crippen molar-refractivity contribution in [3.63, 3.8) is 0 Å². The molecule has 0 bridgehead atoms. The van der Waals surface area contributed by atoms with Crippen LogP contribution in [0.1, 0.15) is 85.1 Å². The summed E-state index contributed by atoms with van der Waals surface area (Å²) in [6.07, 6.45) is 6.01. The van der Waals surface area contributed by atoms with E-state index in [4.69, 9.17) is 0 Å². The molecule has 5 atom stereocenters. The highest BCUT2D eigenvalue weighted by atomic mass is 16.2. The highest BCUT2D eigenvalue weighted by Gasteiger charge is 2.43. The first-order chi connectivity index (χ1) is 21.8. The Morgan fingerprint density at radius 1 is 0.870 bits per heavy atom. The Balaban J connectivity index is 1.42. The van der Waals surface area contributed by atoms with Crippen LogP contribution in [0.25, 0.3) is 0 Å². The standard InChI is InChI=1S/C36H58N6O4/c1-25(2)30(40(7)35(46)31(36(3,4)5)38-33(44)27-17-11-12-20-39(27)6)24-41-21-13-19-29(41)34(45)42-22-14-18-28(42)32(43)37-23-26-15-9-8-10-16-26/h8-10,15-16,25,27-31H,11-14,17-24H2,1-7H3,(H,37,43)(H,38,44)/t27?,28-,29-,30+,31+/m0/s1. The molecule has 0 radical (unpaired) electrons. The van der Waals surface area contributed by atoms with Crippen LogP contribution in [0.4, 0.5) is 0 Å². The Morgan fingerprint density at radius 2 is 1.52 bits per heavy atom. The van der Waals surface area contributed by atoms with Crippen LogP contribution in [-0.4, -0.2) is 114 Å². The second-order valence-electron chi connectivity index (χ2n) is 15.1. The molecule has 3 fully saturated rings. The van der Waals surface area contributed by atoms with Crippen LogP contribution in [0.5, 0.6) is 0 Å². The van der Waals surface area contributed by atoms with Crippen LogP contribution < -0.4 is 10.6 Å². The molecule has 1 aromatic carbocycles. The second-order valence-corrected chi connectivity index (χ2v) is 15.1. The van der Waals surface area contributed by atoms with Crippen molar-refractivity contribution < 1.29 is 19.2 Å². The monoisotopic (exact) mass is 638 g/mol. The fourth-order valence-corrected chi connectivity index (χ4v) is 7.40. The van der Waals surface area contributed by atoms with Crippen LogP contribution in [0.2, 0.25) is 0 Å². The Labute approximate surface area is 276 Å². The third kappa shape index (κ3) is 8.68. The van der Waals surface area contributed by atoms with Gasteiger partial charge in [-0.25, -0.2) is 0 Å². The molecule has 0 aromatic heterocycles. The number of likely N-dealkylation sites (tertiary alicyclic amines) is 3. The zero-order valence-corrected chi connectivity index (χ0v) is 29.3. The molecular formula is C36H58N6O4. The van der Waals surface area contributed by atoms with E-state index < -0.39 is 17.5 Å². The SMILES string of the molecule is CC(C)[C@@H](CN1CCC[C@H]1C(=O)N1CCC[C@H]1C(=O)NCc1ccccc1)N(C)C(=O)[C@@H](NC(=O)C1CCCCN1C)C(C)(C)C. The Hall–Kier alpha value is -2.98. The van der Waals surface area contributed by atoms with Crippen LogP contribution >= 0.6 is 0 Å². The fraction of sp³-hybridized carbons (Fsp3) is 0.722. The molecular weight excluding hydrogens is 580 g/mol. The molecule has 0 saturated carbocycles. The number of likely N-dealkylation sites (N-methyl/N-ethyl adjacent to an activating group) is 2. The first kappa shape index (κ1) is 35.9. The normalized spacial score (nSPS) is 24.1. The molecule has 3 saturated heterocycles. The van der Waals surface area contributed by atoms with E-state index in [1.165, 1.54) is 0 Å². The van der Waals surface area contributed by atoms with Crippen LogP contribution in [0.15, 0.2) is 30.3 Å². The third-order valence-electron chi connectivity index (χ3n) is 10.3. The Bertz CT molecular complexity index is 1200. The van der Waals surface area contributed by atoms with Gasteiger partial charge in [0.05, 0.1) is 12.1 Å². The Morgan fingerprint density at radius 3 is 2.17 bits per heavy atom.